The molecular formula is C36H72O4S2Sn. The Bertz CT molecular complexity index is 530. The molecule has 0 spiro atoms. The molecule has 0 atom stereocenters. The Kier molecular flexibility index (Phi) is 39.3. The standard InChI is InChI=1S/2C14H28O2S.2C4H9.Sn/c2*1-3-5-7-9-11-14(17,13(15)16)12-10-8-6-4-2;2*1-3-4-2;/h2*17H,3-12H2,1-2H3,(H,15,16);2*1,3-4H2,2H3;/q;;;;+2/p-2. The average Bonchev–Trinajstić information content (AvgIpc) is 2.98. The van der Waals surface area contributed by atoms with Crippen LogP contribution in [0, 0.1) is 0 Å². The third-order valence-corrected chi connectivity index (χ3v) is 13.2. The predicted molar refractivity (Wildman–Crippen MR) is 194 cm³/mol. The molecule has 0 rings (SSSR count). The molecule has 0 bridgehead atoms. The van der Waals surface area contributed by atoms with Gasteiger partial charge in [0.2, 0.25) is 0 Å². The van der Waals surface area contributed by atoms with Gasteiger partial charge in [0.05, 0.1) is 21.4 Å². The zero-order valence-electron chi connectivity index (χ0n) is 29.4. The van der Waals surface area contributed by atoms with E-state index >= 15 is 0 Å². The van der Waals surface area contributed by atoms with Crippen molar-refractivity contribution in [3.63, 3.8) is 0 Å². The van der Waals surface area contributed by atoms with E-state index in [-0.39, 0.29) is 21.1 Å². The zero-order chi connectivity index (χ0) is 33.2. The molecule has 0 saturated heterocycles. The first-order chi connectivity index (χ1) is 20.5. The van der Waals surface area contributed by atoms with Gasteiger partial charge in [-0.1, -0.05) is 130 Å². The van der Waals surface area contributed by atoms with Gasteiger partial charge in [-0.2, -0.15) is 25.3 Å². The zero-order valence-corrected chi connectivity index (χ0v) is 34.1. The van der Waals surface area contributed by atoms with Gasteiger partial charge < -0.3 is 19.8 Å². The molecule has 7 heteroatoms. The molecule has 0 aliphatic rings. The molecule has 0 aromatic heterocycles. The molecule has 0 aliphatic carbocycles. The van der Waals surface area contributed by atoms with E-state index in [1.165, 1.54) is 77.0 Å². The number of carboxylic acid groups (broad SMARTS) is 2. The van der Waals surface area contributed by atoms with Crippen molar-refractivity contribution in [3.8, 4) is 0 Å². The molecule has 43 heavy (non-hydrogen) atoms. The summed E-state index contributed by atoms with van der Waals surface area (Å²) in [6, 6.07) is 0. The van der Waals surface area contributed by atoms with E-state index in [2.05, 4.69) is 66.8 Å². The minimum atomic E-state index is -0.992. The molecule has 0 unspecified atom stereocenters. The number of unbranched alkanes of at least 4 members (excludes halogenated alkanes) is 14. The first kappa shape index (κ1) is 47.8. The van der Waals surface area contributed by atoms with Crippen LogP contribution in [0.1, 0.15) is 196 Å². The number of aliphatic carboxylic acids is 2. The third-order valence-electron chi connectivity index (χ3n) is 7.95. The minimum absolute atomic E-state index is 0.149. The predicted octanol–water partition coefficient (Wildman–Crippen LogP) is 9.82. The molecule has 256 valence electrons. The second kappa shape index (κ2) is 35.3. The van der Waals surface area contributed by atoms with Crippen LogP contribution in [0.3, 0.4) is 0 Å². The Labute approximate surface area is 290 Å². The fraction of sp³-hybridized carbons (Fsp3) is 0.944. The molecule has 0 radical (unpaired) electrons. The van der Waals surface area contributed by atoms with Crippen LogP contribution in [0.25, 0.3) is 0 Å². The summed E-state index contributed by atoms with van der Waals surface area (Å²) in [4.78, 5) is 22.3. The van der Waals surface area contributed by atoms with Gasteiger partial charge in [-0.25, -0.2) is 0 Å². The first-order valence-electron chi connectivity index (χ1n) is 18.1. The van der Waals surface area contributed by atoms with Gasteiger partial charge >= 0.3 is 69.5 Å². The maximum atomic E-state index is 11.2. The topological polar surface area (TPSA) is 80.3 Å². The van der Waals surface area contributed by atoms with Gasteiger partial charge in [0, 0.05) is 0 Å². The van der Waals surface area contributed by atoms with Crippen LogP contribution in [0.5, 0.6) is 0 Å². The molecule has 4 nitrogen and oxygen atoms in total. The third kappa shape index (κ3) is 32.2. The van der Waals surface area contributed by atoms with Crippen molar-refractivity contribution in [3.05, 3.63) is 0 Å². The summed E-state index contributed by atoms with van der Waals surface area (Å²) in [5.41, 5.74) is 0. The summed E-state index contributed by atoms with van der Waals surface area (Å²) in [6.45, 7) is 13.2. The summed E-state index contributed by atoms with van der Waals surface area (Å²) in [5, 5.41) is 22.3. The summed E-state index contributed by atoms with van der Waals surface area (Å²) in [6.07, 6.45) is 25.9. The van der Waals surface area contributed by atoms with Crippen LogP contribution in [0.15, 0.2) is 0 Å². The number of carboxylic acids is 2. The van der Waals surface area contributed by atoms with Gasteiger partial charge in [0.25, 0.3) is 0 Å². The Morgan fingerprint density at radius 2 is 0.674 bits per heavy atom. The quantitative estimate of drug-likeness (QED) is 0.0474. The Morgan fingerprint density at radius 1 is 0.442 bits per heavy atom. The molecular weight excluding hydrogens is 679 g/mol. The van der Waals surface area contributed by atoms with Crippen molar-refractivity contribution in [1.29, 1.82) is 0 Å². The van der Waals surface area contributed by atoms with E-state index in [0.717, 1.165) is 51.4 Å². The van der Waals surface area contributed by atoms with Crippen LogP contribution in [-0.2, 0) is 9.59 Å². The average molecular weight is 752 g/mol. The molecule has 0 aromatic carbocycles. The monoisotopic (exact) mass is 752 g/mol. The van der Waals surface area contributed by atoms with Crippen molar-refractivity contribution in [2.24, 2.45) is 0 Å². The van der Waals surface area contributed by atoms with Crippen molar-refractivity contribution >= 4 is 58.3 Å². The summed E-state index contributed by atoms with van der Waals surface area (Å²) >= 11 is 8.86. The summed E-state index contributed by atoms with van der Waals surface area (Å²) in [5.74, 6) is -1.98. The summed E-state index contributed by atoms with van der Waals surface area (Å²) < 4.78 is 1.45. The van der Waals surface area contributed by atoms with Crippen LogP contribution in [-0.4, -0.2) is 42.6 Å². The van der Waals surface area contributed by atoms with E-state index < -0.39 is 21.4 Å². The molecule has 0 saturated carbocycles. The first-order valence-corrected chi connectivity index (χ1v) is 23.1. The molecule has 0 fully saturated rings. The Balaban J connectivity index is -0.000000586. The second-order valence-corrected chi connectivity index (χ2v) is 18.3. The Hall–Kier alpha value is 0.439. The molecule has 0 aromatic rings. The van der Waals surface area contributed by atoms with Gasteiger partial charge in [-0.3, -0.25) is 0 Å². The van der Waals surface area contributed by atoms with Crippen molar-refractivity contribution < 1.29 is 19.8 Å². The molecule has 0 N–H and O–H groups in total. The number of hydrogen-bond acceptors (Lipinski definition) is 6. The fourth-order valence-electron chi connectivity index (χ4n) is 4.76. The number of carbonyl (C=O) groups is 2. The van der Waals surface area contributed by atoms with Gasteiger partial charge in [-0.05, 0) is 25.7 Å². The molecule has 0 aliphatic heterocycles. The van der Waals surface area contributed by atoms with E-state index in [0.29, 0.717) is 25.7 Å². The number of carbonyl (C=O) groups excluding carboxylic acids is 2. The van der Waals surface area contributed by atoms with E-state index in [9.17, 15) is 19.8 Å². The molecule has 0 heterocycles. The number of hydrogen-bond donors (Lipinski definition) is 2. The van der Waals surface area contributed by atoms with Crippen LogP contribution in [0.4, 0.5) is 0 Å². The van der Waals surface area contributed by atoms with Gasteiger partial charge in [0.15, 0.2) is 0 Å². The van der Waals surface area contributed by atoms with Crippen molar-refractivity contribution in [2.75, 3.05) is 0 Å². The molecule has 0 amide bonds. The van der Waals surface area contributed by atoms with Gasteiger partial charge in [0.1, 0.15) is 0 Å². The number of thiol groups is 2. The second-order valence-electron chi connectivity index (χ2n) is 12.3. The SMILES string of the molecule is CCCCCCC(S)(CCCCCC)C(=O)[O-].CCCCCCC(S)(CCCCCC)C(=O)[O-].CCC[CH2][Sn+2][CH2]CCC. The Morgan fingerprint density at radius 3 is 0.860 bits per heavy atom. The maximum absolute atomic E-state index is 11.2. The van der Waals surface area contributed by atoms with Crippen LogP contribution in [0.2, 0.25) is 8.87 Å². The van der Waals surface area contributed by atoms with Crippen molar-refractivity contribution in [2.45, 2.75) is 214 Å². The van der Waals surface area contributed by atoms with Crippen molar-refractivity contribution in [1.82, 2.24) is 0 Å². The van der Waals surface area contributed by atoms with E-state index in [1.807, 2.05) is 0 Å². The normalized spacial score (nSPS) is 11.2. The fourth-order valence-corrected chi connectivity index (χ4v) is 9.55. The van der Waals surface area contributed by atoms with Crippen LogP contribution >= 0.6 is 25.3 Å². The van der Waals surface area contributed by atoms with E-state index in [4.69, 9.17) is 0 Å². The van der Waals surface area contributed by atoms with Gasteiger partial charge in [-0.15, -0.1) is 0 Å². The van der Waals surface area contributed by atoms with E-state index in [1.54, 1.807) is 8.87 Å². The van der Waals surface area contributed by atoms with Crippen LogP contribution < -0.4 is 10.2 Å². The number of rotatable bonds is 28. The summed E-state index contributed by atoms with van der Waals surface area (Å²) in [7, 11) is 0.